The van der Waals surface area contributed by atoms with Crippen LogP contribution in [0.2, 0.25) is 0 Å². The molecule has 0 unspecified atom stereocenters. The van der Waals surface area contributed by atoms with Gasteiger partial charge in [-0.05, 0) is 44.0 Å². The summed E-state index contributed by atoms with van der Waals surface area (Å²) in [5, 5.41) is 25.8. The number of carbonyl (C=O) groups is 4. The van der Waals surface area contributed by atoms with Gasteiger partial charge in [-0.1, -0.05) is 60.7 Å². The lowest BCUT2D eigenvalue weighted by atomic mass is 10.1. The number of pyridine rings is 2. The number of nitrogens with zero attached hydrogens (tertiary/aromatic N) is 3. The summed E-state index contributed by atoms with van der Waals surface area (Å²) in [6.45, 7) is 3.74. The van der Waals surface area contributed by atoms with Crippen LogP contribution in [0.5, 0.6) is 11.5 Å². The number of ether oxygens (including phenoxy) is 3. The Balaban J connectivity index is 0.000000864. The van der Waals surface area contributed by atoms with Gasteiger partial charge in [0.05, 0.1) is 43.2 Å². The summed E-state index contributed by atoms with van der Waals surface area (Å²) >= 11 is 0. The van der Waals surface area contributed by atoms with Crippen LogP contribution in [0.1, 0.15) is 19.8 Å². The second-order valence-corrected chi connectivity index (χ2v) is 11.9. The lowest BCUT2D eigenvalue weighted by molar-refractivity contribution is -0.159. The van der Waals surface area contributed by atoms with Crippen molar-refractivity contribution in [2.45, 2.75) is 19.8 Å². The van der Waals surface area contributed by atoms with E-state index >= 15 is 0 Å². The van der Waals surface area contributed by atoms with E-state index in [0.29, 0.717) is 50.5 Å². The Hall–Kier alpha value is -6.70. The SMILES string of the molecule is CCOC(=O)C(=O)N(CCCNc1c2ccccc2nc2c(OC)cccc12)CCCNc1c2ccccc2nc2c(OC)cccc12.O=C(O)C(=O)O. The summed E-state index contributed by atoms with van der Waals surface area (Å²) in [6, 6.07) is 27.7. The number of anilines is 2. The molecular weight excluding hydrogens is 694 g/mol. The van der Waals surface area contributed by atoms with E-state index in [0.717, 1.165) is 55.0 Å². The molecule has 0 radical (unpaired) electrons. The van der Waals surface area contributed by atoms with Crippen molar-refractivity contribution in [1.29, 1.82) is 0 Å². The molecule has 0 atom stereocenters. The molecule has 280 valence electrons. The first-order chi connectivity index (χ1) is 26.2. The summed E-state index contributed by atoms with van der Waals surface area (Å²) in [5.74, 6) is -3.72. The number of benzene rings is 4. The predicted octanol–water partition coefficient (Wildman–Crippen LogP) is 5.96. The van der Waals surface area contributed by atoms with Gasteiger partial charge in [-0.3, -0.25) is 4.79 Å². The maximum absolute atomic E-state index is 13.2. The van der Waals surface area contributed by atoms with E-state index in [2.05, 4.69) is 10.6 Å². The Kier molecular flexibility index (Phi) is 13.0. The van der Waals surface area contributed by atoms with Crippen LogP contribution in [-0.4, -0.2) is 95.9 Å². The van der Waals surface area contributed by atoms with Crippen molar-refractivity contribution in [3.8, 4) is 11.5 Å². The van der Waals surface area contributed by atoms with Crippen molar-refractivity contribution in [3.05, 3.63) is 84.9 Å². The van der Waals surface area contributed by atoms with Crippen molar-refractivity contribution in [2.75, 3.05) is 57.6 Å². The molecule has 0 saturated carbocycles. The Bertz CT molecular complexity index is 2170. The van der Waals surface area contributed by atoms with Crippen LogP contribution in [0, 0.1) is 0 Å². The third-order valence-electron chi connectivity index (χ3n) is 8.52. The number of carboxylic acid groups (broad SMARTS) is 2. The molecule has 2 heterocycles. The zero-order chi connectivity index (χ0) is 38.6. The highest BCUT2D eigenvalue weighted by atomic mass is 16.5. The minimum absolute atomic E-state index is 0.138. The summed E-state index contributed by atoms with van der Waals surface area (Å²) in [7, 11) is 3.28. The highest BCUT2D eigenvalue weighted by Gasteiger charge is 2.23. The first-order valence-corrected chi connectivity index (χ1v) is 17.3. The second kappa shape index (κ2) is 18.2. The number of fused-ring (bicyclic) bond motifs is 4. The molecule has 4 N–H and O–H groups in total. The Morgan fingerprint density at radius 2 is 1.06 bits per heavy atom. The van der Waals surface area contributed by atoms with Gasteiger partial charge in [-0.2, -0.15) is 0 Å². The normalized spacial score (nSPS) is 10.7. The van der Waals surface area contributed by atoms with Crippen LogP contribution in [0.25, 0.3) is 43.6 Å². The van der Waals surface area contributed by atoms with Crippen molar-refractivity contribution in [3.63, 3.8) is 0 Å². The summed E-state index contributed by atoms with van der Waals surface area (Å²) in [5.41, 5.74) is 5.18. The maximum atomic E-state index is 13.2. The third-order valence-corrected chi connectivity index (χ3v) is 8.52. The number of amides is 1. The zero-order valence-electron chi connectivity index (χ0n) is 30.1. The summed E-state index contributed by atoms with van der Waals surface area (Å²) in [6.07, 6.45) is 1.22. The molecule has 4 aromatic carbocycles. The topological polar surface area (TPSA) is 190 Å². The minimum atomic E-state index is -1.82. The molecule has 6 aromatic rings. The fourth-order valence-electron chi connectivity index (χ4n) is 6.09. The first-order valence-electron chi connectivity index (χ1n) is 17.3. The predicted molar refractivity (Wildman–Crippen MR) is 206 cm³/mol. The number of para-hydroxylation sites is 4. The molecule has 2 aromatic heterocycles. The summed E-state index contributed by atoms with van der Waals surface area (Å²) in [4.78, 5) is 55.2. The van der Waals surface area contributed by atoms with Gasteiger partial charge in [0.1, 0.15) is 22.5 Å². The van der Waals surface area contributed by atoms with Gasteiger partial charge in [0, 0.05) is 47.7 Å². The Morgan fingerprint density at radius 3 is 1.46 bits per heavy atom. The van der Waals surface area contributed by atoms with Crippen LogP contribution in [0.3, 0.4) is 0 Å². The molecule has 0 aliphatic carbocycles. The lowest BCUT2D eigenvalue weighted by Gasteiger charge is -2.23. The van der Waals surface area contributed by atoms with Gasteiger partial charge in [-0.15, -0.1) is 0 Å². The number of hydrogen-bond donors (Lipinski definition) is 4. The average Bonchev–Trinajstić information content (AvgIpc) is 3.18. The largest absolute Gasteiger partial charge is 0.494 e. The number of nitrogens with one attached hydrogen (secondary N) is 2. The zero-order valence-corrected chi connectivity index (χ0v) is 30.1. The standard InChI is InChI=1S/C38H39N5O5.C2H2O4/c1-4-48-38(45)37(44)43(23-11-21-39-33-25-13-5-7-17-29(25)41-35-27(33)15-9-19-31(35)46-2)24-12-22-40-34-26-14-6-8-18-30(26)42-36-28(34)16-10-20-32(36)47-3;3-1(4)2(5)6/h5-10,13-20H,4,11-12,21-24H2,1-3H3,(H,39,41)(H,40,42);(H,3,4)(H,5,6). The fraction of sp³-hybridized carbons (Fsp3) is 0.250. The molecule has 0 spiro atoms. The van der Waals surface area contributed by atoms with E-state index in [-0.39, 0.29) is 6.61 Å². The molecule has 14 heteroatoms. The smallest absolute Gasteiger partial charge is 0.414 e. The third kappa shape index (κ3) is 8.84. The number of aliphatic carboxylic acids is 2. The van der Waals surface area contributed by atoms with Crippen molar-refractivity contribution in [1.82, 2.24) is 14.9 Å². The Labute approximate surface area is 310 Å². The van der Waals surface area contributed by atoms with Gasteiger partial charge in [0.15, 0.2) is 0 Å². The van der Waals surface area contributed by atoms with Gasteiger partial charge >= 0.3 is 23.8 Å². The highest BCUT2D eigenvalue weighted by molar-refractivity contribution is 6.32. The van der Waals surface area contributed by atoms with E-state index in [1.165, 1.54) is 0 Å². The van der Waals surface area contributed by atoms with E-state index < -0.39 is 23.8 Å². The number of carbonyl (C=O) groups excluding carboxylic acids is 2. The molecular formula is C40H41N5O9. The average molecular weight is 736 g/mol. The van der Waals surface area contributed by atoms with Gasteiger partial charge in [0.2, 0.25) is 0 Å². The number of methoxy groups -OCH3 is 2. The molecule has 0 aliphatic heterocycles. The van der Waals surface area contributed by atoms with Gasteiger partial charge in [0.25, 0.3) is 0 Å². The van der Waals surface area contributed by atoms with Crippen molar-refractivity contribution < 1.29 is 43.6 Å². The molecule has 54 heavy (non-hydrogen) atoms. The van der Waals surface area contributed by atoms with Crippen LogP contribution in [0.4, 0.5) is 11.4 Å². The van der Waals surface area contributed by atoms with E-state index in [1.54, 1.807) is 26.0 Å². The van der Waals surface area contributed by atoms with Crippen molar-refractivity contribution in [2.24, 2.45) is 0 Å². The molecule has 0 saturated heterocycles. The fourth-order valence-corrected chi connectivity index (χ4v) is 6.09. The number of esters is 1. The maximum Gasteiger partial charge on any atom is 0.414 e. The quantitative estimate of drug-likeness (QED) is 0.0471. The molecule has 0 fully saturated rings. The van der Waals surface area contributed by atoms with Gasteiger partial charge < -0.3 is 40.0 Å². The van der Waals surface area contributed by atoms with Crippen LogP contribution >= 0.6 is 0 Å². The molecule has 1 amide bonds. The van der Waals surface area contributed by atoms with Crippen LogP contribution in [0.15, 0.2) is 84.9 Å². The first kappa shape index (κ1) is 38.5. The lowest BCUT2D eigenvalue weighted by Crippen LogP contribution is -2.40. The van der Waals surface area contributed by atoms with Gasteiger partial charge in [-0.25, -0.2) is 24.4 Å². The van der Waals surface area contributed by atoms with E-state index in [1.807, 2.05) is 84.9 Å². The molecule has 0 aliphatic rings. The molecule has 14 nitrogen and oxygen atoms in total. The molecule has 6 rings (SSSR count). The van der Waals surface area contributed by atoms with Crippen LogP contribution in [-0.2, 0) is 23.9 Å². The van der Waals surface area contributed by atoms with E-state index in [9.17, 15) is 9.59 Å². The number of carboxylic acids is 2. The van der Waals surface area contributed by atoms with Crippen molar-refractivity contribution >= 4 is 78.8 Å². The Morgan fingerprint density at radius 1 is 0.630 bits per heavy atom. The minimum Gasteiger partial charge on any atom is -0.494 e. The van der Waals surface area contributed by atoms with E-state index in [4.69, 9.17) is 44.0 Å². The summed E-state index contributed by atoms with van der Waals surface area (Å²) < 4.78 is 16.3. The van der Waals surface area contributed by atoms with Crippen LogP contribution < -0.4 is 20.1 Å². The number of aromatic nitrogens is 2. The number of rotatable bonds is 13. The molecule has 0 bridgehead atoms. The highest BCUT2D eigenvalue weighted by Crippen LogP contribution is 2.36. The monoisotopic (exact) mass is 735 g/mol. The second-order valence-electron chi connectivity index (χ2n) is 11.9. The number of hydrogen-bond acceptors (Lipinski definition) is 11.